The molecule has 0 saturated heterocycles. The molecule has 0 aliphatic heterocycles. The van der Waals surface area contributed by atoms with Crippen molar-refractivity contribution in [3.8, 4) is 0 Å². The van der Waals surface area contributed by atoms with Crippen molar-refractivity contribution in [3.63, 3.8) is 0 Å². The second kappa shape index (κ2) is 5.21. The lowest BCUT2D eigenvalue weighted by Crippen LogP contribution is -2.08. The number of para-hydroxylation sites is 1. The van der Waals surface area contributed by atoms with Gasteiger partial charge in [-0.05, 0) is 23.8 Å². The van der Waals surface area contributed by atoms with Gasteiger partial charge in [-0.15, -0.1) is 0 Å². The fourth-order valence-electron chi connectivity index (χ4n) is 2.11. The minimum Gasteiger partial charge on any atom is -0.437 e. The van der Waals surface area contributed by atoms with Gasteiger partial charge in [-0.1, -0.05) is 36.4 Å². The van der Waals surface area contributed by atoms with Crippen LogP contribution in [0.4, 0.5) is 5.69 Å². The summed E-state index contributed by atoms with van der Waals surface area (Å²) in [5.74, 6) is 0.623. The monoisotopic (exact) mass is 264 g/mol. The third kappa shape index (κ3) is 2.43. The molecule has 0 N–H and O–H groups in total. The minimum absolute atomic E-state index is 0.623. The lowest BCUT2D eigenvalue weighted by molar-refractivity contribution is 0.590. The van der Waals surface area contributed by atoms with Gasteiger partial charge in [0.25, 0.3) is 0 Å². The van der Waals surface area contributed by atoms with Crippen LogP contribution in [0.3, 0.4) is 0 Å². The first kappa shape index (κ1) is 12.5. The van der Waals surface area contributed by atoms with E-state index in [1.807, 2.05) is 79.7 Å². The van der Waals surface area contributed by atoms with E-state index in [0.29, 0.717) is 5.89 Å². The van der Waals surface area contributed by atoms with Crippen LogP contribution in [0.25, 0.3) is 23.3 Å². The number of fused-ring (bicyclic) bond motifs is 1. The van der Waals surface area contributed by atoms with E-state index in [9.17, 15) is 0 Å². The molecular weight excluding hydrogens is 248 g/mol. The first-order valence-electron chi connectivity index (χ1n) is 6.54. The zero-order chi connectivity index (χ0) is 13.9. The van der Waals surface area contributed by atoms with Crippen LogP contribution in [-0.2, 0) is 0 Å². The SMILES string of the molecule is CN(C)c1cccc2oc(C=Cc3ccccc3)nc12. The van der Waals surface area contributed by atoms with Gasteiger partial charge in [-0.3, -0.25) is 0 Å². The molecule has 0 radical (unpaired) electrons. The largest absolute Gasteiger partial charge is 0.437 e. The topological polar surface area (TPSA) is 29.3 Å². The summed E-state index contributed by atoms with van der Waals surface area (Å²) in [6, 6.07) is 16.1. The molecule has 0 unspecified atom stereocenters. The summed E-state index contributed by atoms with van der Waals surface area (Å²) < 4.78 is 5.76. The molecule has 0 bridgehead atoms. The molecule has 0 aliphatic carbocycles. The highest BCUT2D eigenvalue weighted by molar-refractivity contribution is 5.88. The third-order valence-corrected chi connectivity index (χ3v) is 3.11. The van der Waals surface area contributed by atoms with Crippen LogP contribution < -0.4 is 4.90 Å². The Balaban J connectivity index is 1.98. The number of aromatic nitrogens is 1. The molecule has 3 rings (SSSR count). The second-order valence-corrected chi connectivity index (χ2v) is 4.81. The first-order chi connectivity index (χ1) is 9.74. The molecule has 0 aliphatic rings. The van der Waals surface area contributed by atoms with Crippen LogP contribution in [0.5, 0.6) is 0 Å². The molecule has 2 aromatic carbocycles. The van der Waals surface area contributed by atoms with Crippen molar-refractivity contribution in [2.75, 3.05) is 19.0 Å². The fourth-order valence-corrected chi connectivity index (χ4v) is 2.11. The van der Waals surface area contributed by atoms with Crippen molar-refractivity contribution in [1.29, 1.82) is 0 Å². The predicted octanol–water partition coefficient (Wildman–Crippen LogP) is 4.06. The van der Waals surface area contributed by atoms with Crippen molar-refractivity contribution in [2.45, 2.75) is 0 Å². The molecule has 100 valence electrons. The number of anilines is 1. The standard InChI is InChI=1S/C17H16N2O/c1-19(2)14-9-6-10-15-17(14)18-16(20-15)12-11-13-7-4-3-5-8-13/h3-12H,1-2H3. The van der Waals surface area contributed by atoms with Crippen molar-refractivity contribution < 1.29 is 4.42 Å². The zero-order valence-electron chi connectivity index (χ0n) is 11.6. The van der Waals surface area contributed by atoms with Crippen LogP contribution in [0.15, 0.2) is 52.9 Å². The molecule has 0 spiro atoms. The number of hydrogen-bond acceptors (Lipinski definition) is 3. The van der Waals surface area contributed by atoms with E-state index in [4.69, 9.17) is 4.42 Å². The average molecular weight is 264 g/mol. The van der Waals surface area contributed by atoms with E-state index in [1.54, 1.807) is 0 Å². The van der Waals surface area contributed by atoms with Crippen LogP contribution in [-0.4, -0.2) is 19.1 Å². The summed E-state index contributed by atoms with van der Waals surface area (Å²) in [5.41, 5.74) is 3.89. The van der Waals surface area contributed by atoms with E-state index in [0.717, 1.165) is 22.4 Å². The Morgan fingerprint density at radius 2 is 1.75 bits per heavy atom. The lowest BCUT2D eigenvalue weighted by atomic mass is 10.2. The van der Waals surface area contributed by atoms with Gasteiger partial charge in [0.05, 0.1) is 5.69 Å². The van der Waals surface area contributed by atoms with Gasteiger partial charge in [0.1, 0.15) is 5.52 Å². The molecular formula is C17H16N2O. The zero-order valence-corrected chi connectivity index (χ0v) is 11.6. The summed E-state index contributed by atoms with van der Waals surface area (Å²) in [4.78, 5) is 6.59. The van der Waals surface area contributed by atoms with Gasteiger partial charge in [-0.25, -0.2) is 4.98 Å². The van der Waals surface area contributed by atoms with Crippen LogP contribution in [0.2, 0.25) is 0 Å². The molecule has 0 fully saturated rings. The van der Waals surface area contributed by atoms with E-state index in [-0.39, 0.29) is 0 Å². The van der Waals surface area contributed by atoms with Crippen LogP contribution >= 0.6 is 0 Å². The first-order valence-corrected chi connectivity index (χ1v) is 6.54. The van der Waals surface area contributed by atoms with Gasteiger partial charge in [0.15, 0.2) is 5.58 Å². The maximum absolute atomic E-state index is 5.76. The van der Waals surface area contributed by atoms with Gasteiger partial charge in [0, 0.05) is 20.2 Å². The third-order valence-electron chi connectivity index (χ3n) is 3.11. The van der Waals surface area contributed by atoms with Crippen LogP contribution in [0, 0.1) is 0 Å². The molecule has 0 atom stereocenters. The van der Waals surface area contributed by atoms with E-state index in [2.05, 4.69) is 4.98 Å². The number of rotatable bonds is 3. The smallest absolute Gasteiger partial charge is 0.220 e. The number of oxazole rings is 1. The highest BCUT2D eigenvalue weighted by Gasteiger charge is 2.09. The Bertz CT molecular complexity index is 742. The molecule has 1 aromatic heterocycles. The van der Waals surface area contributed by atoms with Gasteiger partial charge >= 0.3 is 0 Å². The summed E-state index contributed by atoms with van der Waals surface area (Å²) in [5, 5.41) is 0. The quantitative estimate of drug-likeness (QED) is 0.714. The number of benzene rings is 2. The van der Waals surface area contributed by atoms with Crippen molar-refractivity contribution in [1.82, 2.24) is 4.98 Å². The van der Waals surface area contributed by atoms with Gasteiger partial charge in [-0.2, -0.15) is 0 Å². The summed E-state index contributed by atoms with van der Waals surface area (Å²) in [7, 11) is 4.01. The van der Waals surface area contributed by atoms with E-state index < -0.39 is 0 Å². The summed E-state index contributed by atoms with van der Waals surface area (Å²) in [6.45, 7) is 0. The minimum atomic E-state index is 0.623. The maximum Gasteiger partial charge on any atom is 0.220 e. The van der Waals surface area contributed by atoms with E-state index >= 15 is 0 Å². The van der Waals surface area contributed by atoms with Crippen molar-refractivity contribution >= 4 is 28.9 Å². The Hall–Kier alpha value is -2.55. The summed E-state index contributed by atoms with van der Waals surface area (Å²) in [6.07, 6.45) is 3.90. The molecule has 3 aromatic rings. The Morgan fingerprint density at radius 3 is 2.50 bits per heavy atom. The molecule has 0 saturated carbocycles. The highest BCUT2D eigenvalue weighted by atomic mass is 16.3. The summed E-state index contributed by atoms with van der Waals surface area (Å²) >= 11 is 0. The molecule has 20 heavy (non-hydrogen) atoms. The number of nitrogens with zero attached hydrogens (tertiary/aromatic N) is 2. The highest BCUT2D eigenvalue weighted by Crippen LogP contribution is 2.26. The van der Waals surface area contributed by atoms with Crippen LogP contribution in [0.1, 0.15) is 11.5 Å². The molecule has 0 amide bonds. The predicted molar refractivity (Wildman–Crippen MR) is 83.7 cm³/mol. The average Bonchev–Trinajstić information content (AvgIpc) is 2.88. The second-order valence-electron chi connectivity index (χ2n) is 4.81. The molecule has 1 heterocycles. The Morgan fingerprint density at radius 1 is 0.950 bits per heavy atom. The fraction of sp³-hybridized carbons (Fsp3) is 0.118. The van der Waals surface area contributed by atoms with Gasteiger partial charge < -0.3 is 9.32 Å². The van der Waals surface area contributed by atoms with E-state index in [1.165, 1.54) is 0 Å². The molecule has 3 heteroatoms. The maximum atomic E-state index is 5.76. The van der Waals surface area contributed by atoms with Crippen molar-refractivity contribution in [2.24, 2.45) is 0 Å². The lowest BCUT2D eigenvalue weighted by Gasteiger charge is -2.11. The van der Waals surface area contributed by atoms with Gasteiger partial charge in [0.2, 0.25) is 5.89 Å². The Labute approximate surface area is 118 Å². The van der Waals surface area contributed by atoms with Crippen molar-refractivity contribution in [3.05, 3.63) is 60.0 Å². The number of hydrogen-bond donors (Lipinski definition) is 0. The molecule has 3 nitrogen and oxygen atoms in total. The normalized spacial score (nSPS) is 11.3. The Kier molecular flexibility index (Phi) is 3.25.